The molecule has 0 radical (unpaired) electrons. The van der Waals surface area contributed by atoms with Crippen LogP contribution in [0.1, 0.15) is 0 Å². The Kier molecular flexibility index (Phi) is 1.89. The monoisotopic (exact) mass is 130 g/mol. The van der Waals surface area contributed by atoms with E-state index in [1.807, 2.05) is 0 Å². The lowest BCUT2D eigenvalue weighted by Gasteiger charge is -2.23. The van der Waals surface area contributed by atoms with E-state index in [9.17, 15) is 4.79 Å². The van der Waals surface area contributed by atoms with Crippen molar-refractivity contribution in [2.45, 2.75) is 0 Å². The lowest BCUT2D eigenvalue weighted by Crippen LogP contribution is -2.45. The van der Waals surface area contributed by atoms with E-state index in [1.165, 1.54) is 4.90 Å². The lowest BCUT2D eigenvalue weighted by molar-refractivity contribution is 0.139. The van der Waals surface area contributed by atoms with Gasteiger partial charge in [0, 0.05) is 26.2 Å². The predicted octanol–water partition coefficient (Wildman–Crippen LogP) is -0.430. The minimum absolute atomic E-state index is 0.620. The van der Waals surface area contributed by atoms with Gasteiger partial charge in [-0.1, -0.05) is 0 Å². The van der Waals surface area contributed by atoms with Gasteiger partial charge in [0.1, 0.15) is 0 Å². The molecular formula is C5H10N2O2. The maximum Gasteiger partial charge on any atom is 0.407 e. The summed E-state index contributed by atoms with van der Waals surface area (Å²) in [4.78, 5) is 11.7. The minimum atomic E-state index is -0.809. The molecule has 1 saturated heterocycles. The fourth-order valence-electron chi connectivity index (χ4n) is 0.856. The summed E-state index contributed by atoms with van der Waals surface area (Å²) in [5, 5.41) is 11.5. The molecule has 0 aromatic heterocycles. The Bertz CT molecular complexity index is 110. The van der Waals surface area contributed by atoms with Crippen LogP contribution in [0.3, 0.4) is 0 Å². The zero-order valence-electron chi connectivity index (χ0n) is 5.13. The molecule has 0 aliphatic carbocycles. The molecule has 9 heavy (non-hydrogen) atoms. The first-order valence-corrected chi connectivity index (χ1v) is 2.99. The fraction of sp³-hybridized carbons (Fsp3) is 0.800. The Morgan fingerprint density at radius 3 is 2.33 bits per heavy atom. The Hall–Kier alpha value is -0.770. The number of nitrogens with one attached hydrogen (secondary N) is 1. The van der Waals surface area contributed by atoms with Crippen LogP contribution in [0.15, 0.2) is 0 Å². The highest BCUT2D eigenvalue weighted by Gasteiger charge is 2.13. The van der Waals surface area contributed by atoms with E-state index in [2.05, 4.69) is 5.32 Å². The summed E-state index contributed by atoms with van der Waals surface area (Å²) in [5.41, 5.74) is 0. The topological polar surface area (TPSA) is 52.6 Å². The standard InChI is InChI=1S/C5H10N2O2/c8-5(9)7-3-1-6-2-4-7/h6H,1-4H2,(H,8,9). The highest BCUT2D eigenvalue weighted by molar-refractivity contribution is 5.65. The Labute approximate surface area is 53.5 Å². The van der Waals surface area contributed by atoms with Crippen LogP contribution in [0.25, 0.3) is 0 Å². The fourth-order valence-corrected chi connectivity index (χ4v) is 0.856. The average Bonchev–Trinajstić information content (AvgIpc) is 1.90. The number of amides is 1. The molecule has 0 spiro atoms. The van der Waals surface area contributed by atoms with Crippen LogP contribution in [0.5, 0.6) is 0 Å². The van der Waals surface area contributed by atoms with Crippen molar-refractivity contribution in [1.82, 2.24) is 10.2 Å². The maximum absolute atomic E-state index is 10.3. The van der Waals surface area contributed by atoms with Crippen LogP contribution < -0.4 is 5.32 Å². The first-order valence-electron chi connectivity index (χ1n) is 2.99. The van der Waals surface area contributed by atoms with Gasteiger partial charge in [-0.2, -0.15) is 0 Å². The summed E-state index contributed by atoms with van der Waals surface area (Å²) in [6, 6.07) is 0. The first-order chi connectivity index (χ1) is 4.30. The molecular weight excluding hydrogens is 120 g/mol. The van der Waals surface area contributed by atoms with Crippen LogP contribution in [0, 0.1) is 0 Å². The molecule has 1 rings (SSSR count). The lowest BCUT2D eigenvalue weighted by atomic mass is 10.4. The van der Waals surface area contributed by atoms with Crippen molar-refractivity contribution < 1.29 is 9.90 Å². The summed E-state index contributed by atoms with van der Waals surface area (Å²) < 4.78 is 0. The molecule has 1 aliphatic rings. The molecule has 0 bridgehead atoms. The van der Waals surface area contributed by atoms with Gasteiger partial charge in [0.2, 0.25) is 0 Å². The van der Waals surface area contributed by atoms with Crippen molar-refractivity contribution in [1.29, 1.82) is 0 Å². The third-order valence-corrected chi connectivity index (χ3v) is 1.39. The quantitative estimate of drug-likeness (QED) is 0.468. The van der Waals surface area contributed by atoms with E-state index in [0.717, 1.165) is 13.1 Å². The molecule has 0 atom stereocenters. The largest absolute Gasteiger partial charge is 0.465 e. The average molecular weight is 130 g/mol. The number of nitrogens with zero attached hydrogens (tertiary/aromatic N) is 1. The van der Waals surface area contributed by atoms with E-state index in [-0.39, 0.29) is 0 Å². The molecule has 52 valence electrons. The highest BCUT2D eigenvalue weighted by atomic mass is 16.4. The van der Waals surface area contributed by atoms with Gasteiger partial charge in [-0.25, -0.2) is 4.79 Å². The molecule has 0 aromatic carbocycles. The molecule has 1 heterocycles. The van der Waals surface area contributed by atoms with Crippen molar-refractivity contribution in [3.63, 3.8) is 0 Å². The summed E-state index contributed by atoms with van der Waals surface area (Å²) in [6.07, 6.45) is -0.809. The van der Waals surface area contributed by atoms with Gasteiger partial charge in [0.15, 0.2) is 0 Å². The van der Waals surface area contributed by atoms with Crippen molar-refractivity contribution >= 4 is 6.09 Å². The normalized spacial score (nSPS) is 19.8. The maximum atomic E-state index is 10.3. The molecule has 1 aliphatic heterocycles. The van der Waals surface area contributed by atoms with Crippen LogP contribution >= 0.6 is 0 Å². The minimum Gasteiger partial charge on any atom is -0.465 e. The summed E-state index contributed by atoms with van der Waals surface area (Å²) in [6.45, 7) is 2.81. The molecule has 0 aromatic rings. The number of carbonyl (C=O) groups is 1. The molecule has 1 fully saturated rings. The van der Waals surface area contributed by atoms with Gasteiger partial charge in [-0.05, 0) is 0 Å². The van der Waals surface area contributed by atoms with Gasteiger partial charge in [-0.3, -0.25) is 0 Å². The zero-order chi connectivity index (χ0) is 6.69. The molecule has 2 N–H and O–H groups in total. The number of hydrogen-bond donors (Lipinski definition) is 2. The highest BCUT2D eigenvalue weighted by Crippen LogP contribution is 1.90. The van der Waals surface area contributed by atoms with E-state index < -0.39 is 6.09 Å². The Morgan fingerprint density at radius 1 is 1.44 bits per heavy atom. The third-order valence-electron chi connectivity index (χ3n) is 1.39. The second-order valence-corrected chi connectivity index (χ2v) is 2.02. The number of carboxylic acid groups (broad SMARTS) is 1. The van der Waals surface area contributed by atoms with Gasteiger partial charge in [-0.15, -0.1) is 0 Å². The van der Waals surface area contributed by atoms with Crippen LogP contribution in [-0.4, -0.2) is 42.3 Å². The van der Waals surface area contributed by atoms with Crippen LogP contribution in [-0.2, 0) is 0 Å². The molecule has 1 amide bonds. The SMILES string of the molecule is O=C(O)N1CCNCC1. The molecule has 4 heteroatoms. The van der Waals surface area contributed by atoms with Gasteiger partial charge >= 0.3 is 6.09 Å². The van der Waals surface area contributed by atoms with Gasteiger partial charge in [0.25, 0.3) is 0 Å². The van der Waals surface area contributed by atoms with Crippen LogP contribution in [0.2, 0.25) is 0 Å². The number of rotatable bonds is 0. The van der Waals surface area contributed by atoms with Crippen molar-refractivity contribution in [3.8, 4) is 0 Å². The van der Waals surface area contributed by atoms with E-state index in [4.69, 9.17) is 5.11 Å². The molecule has 4 nitrogen and oxygen atoms in total. The second kappa shape index (κ2) is 2.68. The van der Waals surface area contributed by atoms with E-state index in [0.29, 0.717) is 13.1 Å². The molecule has 0 saturated carbocycles. The van der Waals surface area contributed by atoms with E-state index in [1.54, 1.807) is 0 Å². The predicted molar refractivity (Wildman–Crippen MR) is 32.5 cm³/mol. The first kappa shape index (κ1) is 6.35. The van der Waals surface area contributed by atoms with Gasteiger partial charge in [0.05, 0.1) is 0 Å². The third kappa shape index (κ3) is 1.57. The summed E-state index contributed by atoms with van der Waals surface area (Å²) >= 11 is 0. The Balaban J connectivity index is 2.31. The van der Waals surface area contributed by atoms with Crippen molar-refractivity contribution in [2.75, 3.05) is 26.2 Å². The molecule has 0 unspecified atom stereocenters. The number of hydrogen-bond acceptors (Lipinski definition) is 2. The number of piperazine rings is 1. The van der Waals surface area contributed by atoms with Crippen molar-refractivity contribution in [2.24, 2.45) is 0 Å². The summed E-state index contributed by atoms with van der Waals surface area (Å²) in [5.74, 6) is 0. The zero-order valence-corrected chi connectivity index (χ0v) is 5.13. The Morgan fingerprint density at radius 2 is 2.00 bits per heavy atom. The van der Waals surface area contributed by atoms with E-state index >= 15 is 0 Å². The van der Waals surface area contributed by atoms with Gasteiger partial charge < -0.3 is 15.3 Å². The second-order valence-electron chi connectivity index (χ2n) is 2.02. The summed E-state index contributed by atoms with van der Waals surface area (Å²) in [7, 11) is 0. The smallest absolute Gasteiger partial charge is 0.407 e. The van der Waals surface area contributed by atoms with Crippen LogP contribution in [0.4, 0.5) is 4.79 Å². The van der Waals surface area contributed by atoms with Crippen molar-refractivity contribution in [3.05, 3.63) is 0 Å².